The van der Waals surface area contributed by atoms with E-state index in [0.717, 1.165) is 10.5 Å². The number of ether oxygens (including phenoxy) is 1. The zero-order valence-corrected chi connectivity index (χ0v) is 11.7. The van der Waals surface area contributed by atoms with Crippen LogP contribution in [-0.4, -0.2) is 35.9 Å². The molecule has 1 aromatic rings. The highest BCUT2D eigenvalue weighted by molar-refractivity contribution is 6.20. The number of hydrogen-bond acceptors (Lipinski definition) is 4. The molecule has 2 fully saturated rings. The zero-order valence-electron chi connectivity index (χ0n) is 11.7. The van der Waals surface area contributed by atoms with Gasteiger partial charge in [0.2, 0.25) is 11.8 Å². The summed E-state index contributed by atoms with van der Waals surface area (Å²) < 4.78 is 5.54. The standard InChI is InChI=1S/C15H16N2O4/c1-10-3-2-4-11(9-10)21-8-7-17-13(19)15(5-6-15)12(18)16-14(17)20/h2-4,9H,5-8H2,1H3,(H,16,18,20). The van der Waals surface area contributed by atoms with Crippen molar-refractivity contribution in [3.8, 4) is 5.75 Å². The highest BCUT2D eigenvalue weighted by atomic mass is 16.5. The Morgan fingerprint density at radius 3 is 2.71 bits per heavy atom. The highest BCUT2D eigenvalue weighted by Crippen LogP contribution is 2.48. The maximum absolute atomic E-state index is 12.2. The van der Waals surface area contributed by atoms with Crippen LogP contribution in [0.15, 0.2) is 24.3 Å². The van der Waals surface area contributed by atoms with E-state index in [1.54, 1.807) is 0 Å². The molecule has 3 rings (SSSR count). The van der Waals surface area contributed by atoms with Gasteiger partial charge in [-0.1, -0.05) is 12.1 Å². The molecule has 6 heteroatoms. The molecule has 21 heavy (non-hydrogen) atoms. The average Bonchev–Trinajstić information content (AvgIpc) is 3.23. The van der Waals surface area contributed by atoms with E-state index in [9.17, 15) is 14.4 Å². The van der Waals surface area contributed by atoms with Crippen molar-refractivity contribution in [3.05, 3.63) is 29.8 Å². The summed E-state index contributed by atoms with van der Waals surface area (Å²) in [5, 5.41) is 2.24. The molecule has 110 valence electrons. The average molecular weight is 288 g/mol. The van der Waals surface area contributed by atoms with E-state index >= 15 is 0 Å². The van der Waals surface area contributed by atoms with Gasteiger partial charge < -0.3 is 4.74 Å². The molecule has 0 radical (unpaired) electrons. The fourth-order valence-corrected chi connectivity index (χ4v) is 2.46. The van der Waals surface area contributed by atoms with E-state index in [-0.39, 0.29) is 13.2 Å². The zero-order chi connectivity index (χ0) is 15.0. The van der Waals surface area contributed by atoms with Crippen molar-refractivity contribution in [2.24, 2.45) is 5.41 Å². The number of rotatable bonds is 4. The maximum atomic E-state index is 12.2. The molecule has 0 bridgehead atoms. The number of imide groups is 2. The summed E-state index contributed by atoms with van der Waals surface area (Å²) >= 11 is 0. The number of barbiturate groups is 1. The van der Waals surface area contributed by atoms with Crippen LogP contribution < -0.4 is 10.1 Å². The number of carbonyl (C=O) groups excluding carboxylic acids is 3. The molecule has 1 spiro atoms. The van der Waals surface area contributed by atoms with Gasteiger partial charge in [0, 0.05) is 0 Å². The highest BCUT2D eigenvalue weighted by Gasteiger charge is 2.62. The first-order valence-electron chi connectivity index (χ1n) is 6.90. The summed E-state index contributed by atoms with van der Waals surface area (Å²) in [4.78, 5) is 36.7. The van der Waals surface area contributed by atoms with E-state index in [1.807, 2.05) is 31.2 Å². The fourth-order valence-electron chi connectivity index (χ4n) is 2.46. The molecule has 2 aliphatic rings. The predicted molar refractivity (Wildman–Crippen MR) is 73.6 cm³/mol. The van der Waals surface area contributed by atoms with Crippen molar-refractivity contribution < 1.29 is 19.1 Å². The second-order valence-corrected chi connectivity index (χ2v) is 5.46. The third kappa shape index (κ3) is 2.37. The molecular weight excluding hydrogens is 272 g/mol. The first kappa shape index (κ1) is 13.6. The lowest BCUT2D eigenvalue weighted by Crippen LogP contribution is -2.59. The van der Waals surface area contributed by atoms with Gasteiger partial charge in [-0.15, -0.1) is 0 Å². The first-order chi connectivity index (χ1) is 10.0. The summed E-state index contributed by atoms with van der Waals surface area (Å²) in [5.74, 6) is -0.172. The monoisotopic (exact) mass is 288 g/mol. The van der Waals surface area contributed by atoms with Crippen LogP contribution in [0.4, 0.5) is 4.79 Å². The SMILES string of the molecule is Cc1cccc(OCCN2C(=O)NC(=O)C3(CC3)C2=O)c1. The van der Waals surface area contributed by atoms with Crippen LogP contribution in [0.2, 0.25) is 0 Å². The second-order valence-electron chi connectivity index (χ2n) is 5.46. The van der Waals surface area contributed by atoms with E-state index in [1.165, 1.54) is 0 Å². The van der Waals surface area contributed by atoms with Gasteiger partial charge in [0.05, 0.1) is 6.54 Å². The number of benzene rings is 1. The number of aryl methyl sites for hydroxylation is 1. The van der Waals surface area contributed by atoms with Crippen LogP contribution in [0.25, 0.3) is 0 Å². The van der Waals surface area contributed by atoms with Gasteiger partial charge in [0.15, 0.2) is 0 Å². The van der Waals surface area contributed by atoms with Gasteiger partial charge in [0.1, 0.15) is 17.8 Å². The fraction of sp³-hybridized carbons (Fsp3) is 0.400. The Hall–Kier alpha value is -2.37. The largest absolute Gasteiger partial charge is 0.492 e. The molecule has 4 amide bonds. The number of nitrogens with zero attached hydrogens (tertiary/aromatic N) is 1. The van der Waals surface area contributed by atoms with Gasteiger partial charge in [-0.25, -0.2) is 4.79 Å². The topological polar surface area (TPSA) is 75.7 Å². The van der Waals surface area contributed by atoms with E-state index < -0.39 is 23.3 Å². The molecule has 1 aromatic carbocycles. The molecular formula is C15H16N2O4. The number of amides is 4. The quantitative estimate of drug-likeness (QED) is 0.846. The first-order valence-corrected chi connectivity index (χ1v) is 6.90. The summed E-state index contributed by atoms with van der Waals surface area (Å²) in [6.45, 7) is 2.29. The Labute approximate surface area is 122 Å². The molecule has 1 aliphatic heterocycles. The van der Waals surface area contributed by atoms with Crippen molar-refractivity contribution in [3.63, 3.8) is 0 Å². The van der Waals surface area contributed by atoms with Crippen LogP contribution >= 0.6 is 0 Å². The van der Waals surface area contributed by atoms with Crippen molar-refractivity contribution in [1.82, 2.24) is 10.2 Å². The molecule has 1 saturated heterocycles. The minimum atomic E-state index is -0.989. The van der Waals surface area contributed by atoms with Gasteiger partial charge in [0.25, 0.3) is 0 Å². The van der Waals surface area contributed by atoms with Crippen LogP contribution in [0, 0.1) is 12.3 Å². The van der Waals surface area contributed by atoms with Crippen molar-refractivity contribution in [1.29, 1.82) is 0 Å². The molecule has 6 nitrogen and oxygen atoms in total. The predicted octanol–water partition coefficient (Wildman–Crippen LogP) is 1.23. The summed E-state index contributed by atoms with van der Waals surface area (Å²) in [6, 6.07) is 6.87. The number of hydrogen-bond donors (Lipinski definition) is 1. The number of urea groups is 1. The molecule has 1 aliphatic carbocycles. The minimum absolute atomic E-state index is 0.133. The molecule has 0 unspecified atom stereocenters. The third-order valence-corrected chi connectivity index (χ3v) is 3.88. The van der Waals surface area contributed by atoms with Gasteiger partial charge in [-0.05, 0) is 37.5 Å². The lowest BCUT2D eigenvalue weighted by molar-refractivity contribution is -0.144. The van der Waals surface area contributed by atoms with Crippen molar-refractivity contribution in [2.45, 2.75) is 19.8 Å². The normalized spacial score (nSPS) is 19.7. The lowest BCUT2D eigenvalue weighted by atomic mass is 10.0. The van der Waals surface area contributed by atoms with Crippen molar-refractivity contribution >= 4 is 17.8 Å². The van der Waals surface area contributed by atoms with E-state index in [2.05, 4.69) is 5.32 Å². The van der Waals surface area contributed by atoms with Gasteiger partial charge in [-0.3, -0.25) is 19.8 Å². The maximum Gasteiger partial charge on any atom is 0.330 e. The van der Waals surface area contributed by atoms with Crippen LogP contribution in [-0.2, 0) is 9.59 Å². The van der Waals surface area contributed by atoms with Crippen LogP contribution in [0.3, 0.4) is 0 Å². The smallest absolute Gasteiger partial charge is 0.330 e. The minimum Gasteiger partial charge on any atom is -0.492 e. The van der Waals surface area contributed by atoms with Gasteiger partial charge in [-0.2, -0.15) is 0 Å². The Bertz CT molecular complexity index is 622. The Morgan fingerprint density at radius 1 is 1.29 bits per heavy atom. The van der Waals surface area contributed by atoms with Crippen LogP contribution in [0.5, 0.6) is 5.75 Å². The molecule has 1 N–H and O–H groups in total. The molecule has 0 atom stereocenters. The molecule has 1 heterocycles. The van der Waals surface area contributed by atoms with Crippen molar-refractivity contribution in [2.75, 3.05) is 13.2 Å². The summed E-state index contributed by atoms with van der Waals surface area (Å²) in [6.07, 6.45) is 1.03. The van der Waals surface area contributed by atoms with E-state index in [0.29, 0.717) is 18.6 Å². The second kappa shape index (κ2) is 4.87. The summed E-state index contributed by atoms with van der Waals surface area (Å²) in [5.41, 5.74) is 0.0823. The van der Waals surface area contributed by atoms with Gasteiger partial charge >= 0.3 is 6.03 Å². The summed E-state index contributed by atoms with van der Waals surface area (Å²) in [7, 11) is 0. The third-order valence-electron chi connectivity index (χ3n) is 3.88. The molecule has 1 saturated carbocycles. The number of nitrogens with one attached hydrogen (secondary N) is 1. The Morgan fingerprint density at radius 2 is 2.05 bits per heavy atom. The lowest BCUT2D eigenvalue weighted by Gasteiger charge is -2.30. The Kier molecular flexibility index (Phi) is 3.16. The van der Waals surface area contributed by atoms with Crippen LogP contribution in [0.1, 0.15) is 18.4 Å². The number of carbonyl (C=O) groups is 3. The molecule has 0 aromatic heterocycles. The Balaban J connectivity index is 1.61. The van der Waals surface area contributed by atoms with E-state index in [4.69, 9.17) is 4.74 Å².